The van der Waals surface area contributed by atoms with Crippen molar-refractivity contribution >= 4 is 33.7 Å². The molecule has 0 N–H and O–H groups in total. The van der Waals surface area contributed by atoms with E-state index in [0.717, 1.165) is 12.0 Å². The fourth-order valence-corrected chi connectivity index (χ4v) is 2.67. The standard InChI is InChI=1S/C10H9ClO.C8H7ClO/c11-10(12)9-6-8(9)7-4-2-1-3-5-7;9-8(10)6-7-4-2-1-3-5-7/h1-5,8-9H,6H2;1-5H,6H2. The Bertz CT molecular complexity index is 626. The molecule has 2 aromatic carbocycles. The van der Waals surface area contributed by atoms with E-state index >= 15 is 0 Å². The summed E-state index contributed by atoms with van der Waals surface area (Å²) in [6, 6.07) is 19.5. The highest BCUT2D eigenvalue weighted by atomic mass is 35.5. The summed E-state index contributed by atoms with van der Waals surface area (Å²) in [5, 5.41) is -0.505. The Hall–Kier alpha value is -1.64. The molecule has 1 aliphatic rings. The Labute approximate surface area is 140 Å². The van der Waals surface area contributed by atoms with Crippen molar-refractivity contribution in [2.75, 3.05) is 0 Å². The van der Waals surface area contributed by atoms with Crippen LogP contribution in [0.2, 0.25) is 0 Å². The lowest BCUT2D eigenvalue weighted by atomic mass is 10.1. The number of benzene rings is 2. The molecule has 0 saturated heterocycles. The molecular weight excluding hydrogens is 319 g/mol. The van der Waals surface area contributed by atoms with Crippen LogP contribution in [0.1, 0.15) is 23.5 Å². The smallest absolute Gasteiger partial charge is 0.226 e. The van der Waals surface area contributed by atoms with Gasteiger partial charge in [0, 0.05) is 12.3 Å². The third kappa shape index (κ3) is 5.28. The van der Waals surface area contributed by atoms with E-state index in [0.29, 0.717) is 12.3 Å². The van der Waals surface area contributed by atoms with Crippen molar-refractivity contribution in [2.45, 2.75) is 18.8 Å². The molecule has 0 aliphatic heterocycles. The summed E-state index contributed by atoms with van der Waals surface area (Å²) >= 11 is 10.6. The topological polar surface area (TPSA) is 34.1 Å². The van der Waals surface area contributed by atoms with Gasteiger partial charge in [-0.3, -0.25) is 9.59 Å². The lowest BCUT2D eigenvalue weighted by Crippen LogP contribution is -1.91. The lowest BCUT2D eigenvalue weighted by Gasteiger charge is -1.95. The fourth-order valence-electron chi connectivity index (χ4n) is 2.27. The molecular formula is C18H16Cl2O2. The SMILES string of the molecule is O=C(Cl)C1CC1c1ccccc1.O=C(Cl)Cc1ccccc1. The Balaban J connectivity index is 0.000000164. The first kappa shape index (κ1) is 16.7. The summed E-state index contributed by atoms with van der Waals surface area (Å²) in [5.74, 6) is 0.463. The molecule has 0 spiro atoms. The van der Waals surface area contributed by atoms with Gasteiger partial charge in [-0.25, -0.2) is 0 Å². The number of halogens is 2. The summed E-state index contributed by atoms with van der Waals surface area (Å²) in [4.78, 5) is 21.1. The Morgan fingerprint density at radius 2 is 1.45 bits per heavy atom. The van der Waals surface area contributed by atoms with E-state index in [1.54, 1.807) is 0 Å². The summed E-state index contributed by atoms with van der Waals surface area (Å²) < 4.78 is 0. The molecule has 1 fully saturated rings. The number of carbonyl (C=O) groups is 2. The highest BCUT2D eigenvalue weighted by Crippen LogP contribution is 2.48. The maximum atomic E-state index is 10.8. The Kier molecular flexibility index (Phi) is 6.17. The molecule has 2 unspecified atom stereocenters. The highest BCUT2D eigenvalue weighted by molar-refractivity contribution is 6.64. The fraction of sp³-hybridized carbons (Fsp3) is 0.222. The van der Waals surface area contributed by atoms with Crippen LogP contribution in [0.25, 0.3) is 0 Å². The molecule has 2 atom stereocenters. The molecule has 0 bridgehead atoms. The van der Waals surface area contributed by atoms with E-state index in [2.05, 4.69) is 0 Å². The van der Waals surface area contributed by atoms with Gasteiger partial charge >= 0.3 is 0 Å². The summed E-state index contributed by atoms with van der Waals surface area (Å²) in [7, 11) is 0. The van der Waals surface area contributed by atoms with Crippen molar-refractivity contribution in [3.05, 3.63) is 71.8 Å². The van der Waals surface area contributed by atoms with E-state index in [1.165, 1.54) is 5.56 Å². The molecule has 4 heteroatoms. The lowest BCUT2D eigenvalue weighted by molar-refractivity contribution is -0.113. The molecule has 0 heterocycles. The zero-order valence-corrected chi connectivity index (χ0v) is 13.4. The minimum Gasteiger partial charge on any atom is -0.281 e. The molecule has 114 valence electrons. The molecule has 1 saturated carbocycles. The van der Waals surface area contributed by atoms with Gasteiger partial charge in [-0.15, -0.1) is 0 Å². The largest absolute Gasteiger partial charge is 0.281 e. The Morgan fingerprint density at radius 1 is 0.909 bits per heavy atom. The van der Waals surface area contributed by atoms with Gasteiger partial charge in [-0.2, -0.15) is 0 Å². The maximum absolute atomic E-state index is 10.8. The number of hydrogen-bond acceptors (Lipinski definition) is 2. The highest BCUT2D eigenvalue weighted by Gasteiger charge is 2.42. The second kappa shape index (κ2) is 8.11. The molecule has 22 heavy (non-hydrogen) atoms. The van der Waals surface area contributed by atoms with E-state index in [9.17, 15) is 9.59 Å². The van der Waals surface area contributed by atoms with Crippen LogP contribution in [0.4, 0.5) is 0 Å². The van der Waals surface area contributed by atoms with Crippen molar-refractivity contribution in [3.8, 4) is 0 Å². The number of rotatable bonds is 4. The molecule has 3 rings (SSSR count). The zero-order valence-electron chi connectivity index (χ0n) is 11.9. The van der Waals surface area contributed by atoms with Gasteiger partial charge in [-0.1, -0.05) is 60.7 Å². The first-order valence-electron chi connectivity index (χ1n) is 7.04. The molecule has 0 aromatic heterocycles. The van der Waals surface area contributed by atoms with Crippen molar-refractivity contribution in [3.63, 3.8) is 0 Å². The minimum atomic E-state index is -0.314. The molecule has 0 amide bonds. The maximum Gasteiger partial charge on any atom is 0.226 e. The normalized spacial score (nSPS) is 18.8. The van der Waals surface area contributed by atoms with Crippen LogP contribution in [0.15, 0.2) is 60.7 Å². The van der Waals surface area contributed by atoms with E-state index in [1.807, 2.05) is 60.7 Å². The van der Waals surface area contributed by atoms with Gasteiger partial charge in [0.25, 0.3) is 0 Å². The van der Waals surface area contributed by atoms with Gasteiger partial charge in [0.15, 0.2) is 0 Å². The van der Waals surface area contributed by atoms with Crippen molar-refractivity contribution in [1.29, 1.82) is 0 Å². The predicted octanol–water partition coefficient (Wildman–Crippen LogP) is 4.55. The third-order valence-corrected chi connectivity index (χ3v) is 3.91. The number of carbonyl (C=O) groups excluding carboxylic acids is 2. The average molecular weight is 335 g/mol. The quantitative estimate of drug-likeness (QED) is 0.768. The molecule has 0 radical (unpaired) electrons. The van der Waals surface area contributed by atoms with E-state index < -0.39 is 0 Å². The van der Waals surface area contributed by atoms with Gasteiger partial charge in [0.2, 0.25) is 10.5 Å². The average Bonchev–Trinajstić information content (AvgIpc) is 3.30. The summed E-state index contributed by atoms with van der Waals surface area (Å²) in [6.07, 6.45) is 1.24. The van der Waals surface area contributed by atoms with E-state index in [4.69, 9.17) is 23.2 Å². The summed E-state index contributed by atoms with van der Waals surface area (Å²) in [5.41, 5.74) is 2.19. The first-order chi connectivity index (χ1) is 10.6. The van der Waals surface area contributed by atoms with Crippen LogP contribution >= 0.6 is 23.2 Å². The van der Waals surface area contributed by atoms with E-state index in [-0.39, 0.29) is 16.4 Å². The van der Waals surface area contributed by atoms with Crippen LogP contribution in [0.3, 0.4) is 0 Å². The second-order valence-electron chi connectivity index (χ2n) is 5.18. The number of hydrogen-bond donors (Lipinski definition) is 0. The molecule has 2 aromatic rings. The van der Waals surface area contributed by atoms with Crippen molar-refractivity contribution < 1.29 is 9.59 Å². The van der Waals surface area contributed by atoms with Crippen LogP contribution in [-0.2, 0) is 16.0 Å². The van der Waals surface area contributed by atoms with Crippen LogP contribution in [-0.4, -0.2) is 10.5 Å². The van der Waals surface area contributed by atoms with Gasteiger partial charge in [0.05, 0.1) is 0 Å². The third-order valence-electron chi connectivity index (χ3n) is 3.50. The van der Waals surface area contributed by atoms with Gasteiger partial charge in [-0.05, 0) is 46.7 Å². The molecule has 1 aliphatic carbocycles. The van der Waals surface area contributed by atoms with Crippen molar-refractivity contribution in [1.82, 2.24) is 0 Å². The predicted molar refractivity (Wildman–Crippen MR) is 89.2 cm³/mol. The molecule has 2 nitrogen and oxygen atoms in total. The van der Waals surface area contributed by atoms with Crippen LogP contribution in [0.5, 0.6) is 0 Å². The monoisotopic (exact) mass is 334 g/mol. The van der Waals surface area contributed by atoms with Gasteiger partial charge in [0.1, 0.15) is 0 Å². The van der Waals surface area contributed by atoms with Crippen LogP contribution < -0.4 is 0 Å². The van der Waals surface area contributed by atoms with Crippen molar-refractivity contribution in [2.24, 2.45) is 5.92 Å². The van der Waals surface area contributed by atoms with Crippen LogP contribution in [0, 0.1) is 5.92 Å². The minimum absolute atomic E-state index is 0.0778. The summed E-state index contributed by atoms with van der Waals surface area (Å²) in [6.45, 7) is 0. The zero-order chi connectivity index (χ0) is 15.9. The van der Waals surface area contributed by atoms with Gasteiger partial charge < -0.3 is 0 Å². The first-order valence-corrected chi connectivity index (χ1v) is 7.80. The Morgan fingerprint density at radius 3 is 1.91 bits per heavy atom. The second-order valence-corrected chi connectivity index (χ2v) is 5.98.